The molecule has 3 nitrogen and oxygen atoms in total. The predicted octanol–water partition coefficient (Wildman–Crippen LogP) is 4.41. The topological polar surface area (TPSA) is 30.7 Å². The lowest BCUT2D eigenvalue weighted by Crippen LogP contribution is -2.09. The maximum absolute atomic E-state index is 5.95. The standard InChI is InChI=1S/C14H17BrClN3/c1-9(2)8-19-12(7-16)17-18-14(19)11-6-4-5-10(3)13(11)15/h4-6,9H,7-8H2,1-3H3. The van der Waals surface area contributed by atoms with Gasteiger partial charge in [-0.1, -0.05) is 32.0 Å². The van der Waals surface area contributed by atoms with Gasteiger partial charge in [0.05, 0.1) is 5.88 Å². The lowest BCUT2D eigenvalue weighted by Gasteiger charge is -2.13. The van der Waals surface area contributed by atoms with Crippen LogP contribution in [0.25, 0.3) is 11.4 Å². The normalized spacial score (nSPS) is 11.3. The molecule has 0 radical (unpaired) electrons. The Balaban J connectivity index is 2.55. The van der Waals surface area contributed by atoms with Gasteiger partial charge in [0, 0.05) is 16.6 Å². The molecule has 0 atom stereocenters. The van der Waals surface area contributed by atoms with Gasteiger partial charge in [0.2, 0.25) is 0 Å². The van der Waals surface area contributed by atoms with Crippen LogP contribution in [0.15, 0.2) is 22.7 Å². The van der Waals surface area contributed by atoms with Gasteiger partial charge in [-0.25, -0.2) is 0 Å². The number of halogens is 2. The fourth-order valence-corrected chi connectivity index (χ4v) is 2.65. The lowest BCUT2D eigenvalue weighted by atomic mass is 10.1. The van der Waals surface area contributed by atoms with E-state index >= 15 is 0 Å². The summed E-state index contributed by atoms with van der Waals surface area (Å²) in [5.41, 5.74) is 2.24. The van der Waals surface area contributed by atoms with E-state index in [9.17, 15) is 0 Å². The molecule has 0 aliphatic heterocycles. The Morgan fingerprint density at radius 1 is 1.32 bits per heavy atom. The Morgan fingerprint density at radius 3 is 2.68 bits per heavy atom. The zero-order valence-electron chi connectivity index (χ0n) is 11.3. The maximum atomic E-state index is 5.95. The maximum Gasteiger partial charge on any atom is 0.165 e. The first-order valence-electron chi connectivity index (χ1n) is 6.28. The summed E-state index contributed by atoms with van der Waals surface area (Å²) in [7, 11) is 0. The van der Waals surface area contributed by atoms with Gasteiger partial charge in [0.15, 0.2) is 5.82 Å². The molecule has 0 saturated carbocycles. The Kier molecular flexibility index (Phi) is 4.63. The molecule has 102 valence electrons. The zero-order chi connectivity index (χ0) is 14.0. The minimum absolute atomic E-state index is 0.378. The van der Waals surface area contributed by atoms with Gasteiger partial charge in [-0.15, -0.1) is 21.8 Å². The molecular formula is C14H17BrClN3. The molecule has 2 rings (SSSR count). The summed E-state index contributed by atoms with van der Waals surface area (Å²) in [6.45, 7) is 7.28. The van der Waals surface area contributed by atoms with Crippen molar-refractivity contribution in [1.29, 1.82) is 0 Å². The number of rotatable bonds is 4. The second-order valence-electron chi connectivity index (χ2n) is 5.01. The second-order valence-corrected chi connectivity index (χ2v) is 6.07. The van der Waals surface area contributed by atoms with Crippen molar-refractivity contribution >= 4 is 27.5 Å². The van der Waals surface area contributed by atoms with Gasteiger partial charge in [-0.3, -0.25) is 0 Å². The molecule has 0 bridgehead atoms. The van der Waals surface area contributed by atoms with Crippen LogP contribution in [0, 0.1) is 12.8 Å². The largest absolute Gasteiger partial charge is 0.310 e. The first-order chi connectivity index (χ1) is 9.04. The van der Waals surface area contributed by atoms with Gasteiger partial charge < -0.3 is 4.57 Å². The molecule has 1 heterocycles. The van der Waals surface area contributed by atoms with Crippen LogP contribution in [0.3, 0.4) is 0 Å². The Bertz CT molecular complexity index is 578. The van der Waals surface area contributed by atoms with Gasteiger partial charge in [-0.2, -0.15) is 0 Å². The molecule has 5 heteroatoms. The summed E-state index contributed by atoms with van der Waals surface area (Å²) in [6, 6.07) is 6.15. The molecule has 0 saturated heterocycles. The summed E-state index contributed by atoms with van der Waals surface area (Å²) in [5.74, 6) is 2.59. The summed E-state index contributed by atoms with van der Waals surface area (Å²) < 4.78 is 3.17. The minimum atomic E-state index is 0.378. The van der Waals surface area contributed by atoms with E-state index in [1.54, 1.807) is 0 Å². The predicted molar refractivity (Wildman–Crippen MR) is 82.3 cm³/mol. The molecule has 0 amide bonds. The Labute approximate surface area is 127 Å². The summed E-state index contributed by atoms with van der Waals surface area (Å²) in [4.78, 5) is 0. The molecule has 0 unspecified atom stereocenters. The number of alkyl halides is 1. The zero-order valence-corrected chi connectivity index (χ0v) is 13.7. The van der Waals surface area contributed by atoms with E-state index in [2.05, 4.69) is 63.6 Å². The van der Waals surface area contributed by atoms with Crippen molar-refractivity contribution in [2.24, 2.45) is 5.92 Å². The third-order valence-electron chi connectivity index (χ3n) is 2.93. The van der Waals surface area contributed by atoms with Crippen LogP contribution >= 0.6 is 27.5 Å². The first kappa shape index (κ1) is 14.5. The molecular weight excluding hydrogens is 326 g/mol. The second kappa shape index (κ2) is 6.06. The van der Waals surface area contributed by atoms with Crippen molar-refractivity contribution in [1.82, 2.24) is 14.8 Å². The first-order valence-corrected chi connectivity index (χ1v) is 7.60. The quantitative estimate of drug-likeness (QED) is 0.771. The molecule has 0 aliphatic carbocycles. The van der Waals surface area contributed by atoms with E-state index in [-0.39, 0.29) is 0 Å². The van der Waals surface area contributed by atoms with Crippen molar-refractivity contribution in [3.05, 3.63) is 34.1 Å². The molecule has 1 aromatic carbocycles. The molecule has 1 aromatic heterocycles. The van der Waals surface area contributed by atoms with E-state index in [1.165, 1.54) is 5.56 Å². The van der Waals surface area contributed by atoms with Gasteiger partial charge in [0.25, 0.3) is 0 Å². The van der Waals surface area contributed by atoms with Crippen LogP contribution in [-0.2, 0) is 12.4 Å². The third kappa shape index (κ3) is 3.00. The summed E-state index contributed by atoms with van der Waals surface area (Å²) in [5, 5.41) is 8.51. The van der Waals surface area contributed by atoms with Crippen molar-refractivity contribution in [2.45, 2.75) is 33.2 Å². The Hall–Kier alpha value is -0.870. The lowest BCUT2D eigenvalue weighted by molar-refractivity contribution is 0.515. The highest BCUT2D eigenvalue weighted by Gasteiger charge is 2.16. The van der Waals surface area contributed by atoms with E-state index in [4.69, 9.17) is 11.6 Å². The van der Waals surface area contributed by atoms with Crippen LogP contribution in [0.5, 0.6) is 0 Å². The van der Waals surface area contributed by atoms with Crippen LogP contribution < -0.4 is 0 Å². The molecule has 19 heavy (non-hydrogen) atoms. The highest BCUT2D eigenvalue weighted by Crippen LogP contribution is 2.30. The molecule has 2 aromatic rings. The number of nitrogens with zero attached hydrogens (tertiary/aromatic N) is 3. The fraction of sp³-hybridized carbons (Fsp3) is 0.429. The number of hydrogen-bond acceptors (Lipinski definition) is 2. The molecule has 0 N–H and O–H groups in total. The van der Waals surface area contributed by atoms with Gasteiger partial charge in [0.1, 0.15) is 5.82 Å². The highest BCUT2D eigenvalue weighted by molar-refractivity contribution is 9.10. The van der Waals surface area contributed by atoms with Gasteiger partial charge >= 0.3 is 0 Å². The fourth-order valence-electron chi connectivity index (χ4n) is 2.01. The SMILES string of the molecule is Cc1cccc(-c2nnc(CCl)n2CC(C)C)c1Br. The number of aromatic nitrogens is 3. The van der Waals surface area contributed by atoms with E-state index in [0.717, 1.165) is 28.2 Å². The monoisotopic (exact) mass is 341 g/mol. The number of hydrogen-bond donors (Lipinski definition) is 0. The smallest absolute Gasteiger partial charge is 0.165 e. The van der Waals surface area contributed by atoms with Crippen molar-refractivity contribution < 1.29 is 0 Å². The molecule has 0 aliphatic rings. The number of aryl methyl sites for hydroxylation is 1. The van der Waals surface area contributed by atoms with Gasteiger partial charge in [-0.05, 0) is 34.3 Å². The van der Waals surface area contributed by atoms with Crippen LogP contribution in [0.4, 0.5) is 0 Å². The Morgan fingerprint density at radius 2 is 2.05 bits per heavy atom. The minimum Gasteiger partial charge on any atom is -0.310 e. The van der Waals surface area contributed by atoms with Crippen LogP contribution in [0.1, 0.15) is 25.2 Å². The van der Waals surface area contributed by atoms with Crippen molar-refractivity contribution in [3.63, 3.8) is 0 Å². The van der Waals surface area contributed by atoms with E-state index in [1.807, 2.05) is 6.07 Å². The summed E-state index contributed by atoms with van der Waals surface area (Å²) >= 11 is 9.59. The van der Waals surface area contributed by atoms with Crippen molar-refractivity contribution in [3.8, 4) is 11.4 Å². The van der Waals surface area contributed by atoms with E-state index in [0.29, 0.717) is 11.8 Å². The average Bonchev–Trinajstić information content (AvgIpc) is 2.75. The van der Waals surface area contributed by atoms with Crippen molar-refractivity contribution in [2.75, 3.05) is 0 Å². The summed E-state index contributed by atoms with van der Waals surface area (Å²) in [6.07, 6.45) is 0. The molecule has 0 fully saturated rings. The third-order valence-corrected chi connectivity index (χ3v) is 4.22. The number of benzene rings is 1. The highest BCUT2D eigenvalue weighted by atomic mass is 79.9. The molecule has 0 spiro atoms. The van der Waals surface area contributed by atoms with Crippen LogP contribution in [-0.4, -0.2) is 14.8 Å². The van der Waals surface area contributed by atoms with E-state index < -0.39 is 0 Å². The van der Waals surface area contributed by atoms with Crippen LogP contribution in [0.2, 0.25) is 0 Å². The average molecular weight is 343 g/mol.